The Kier molecular flexibility index (Phi) is 5.74. The number of pyridine rings is 1. The third-order valence-corrected chi connectivity index (χ3v) is 6.19. The Bertz CT molecular complexity index is 1160. The third-order valence-electron chi connectivity index (χ3n) is 4.65. The normalized spacial score (nSPS) is 11.2. The van der Waals surface area contributed by atoms with Gasteiger partial charge in [-0.3, -0.25) is 14.7 Å². The second-order valence-electron chi connectivity index (χ2n) is 7.07. The molecule has 0 unspecified atom stereocenters. The number of thiazole rings is 1. The molecule has 4 rings (SSSR count). The Morgan fingerprint density at radius 1 is 1.10 bits per heavy atom. The average Bonchev–Trinajstić information content (AvgIpc) is 3.16. The fraction of sp³-hybridized carbons (Fsp3) is 0.174. The molecule has 1 amide bonds. The lowest BCUT2D eigenvalue weighted by Gasteiger charge is -2.19. The van der Waals surface area contributed by atoms with Crippen LogP contribution >= 0.6 is 27.3 Å². The maximum atomic E-state index is 13.4. The number of amides is 1. The molecule has 0 aliphatic rings. The predicted octanol–water partition coefficient (Wildman–Crippen LogP) is 6.42. The minimum atomic E-state index is -0.0953. The van der Waals surface area contributed by atoms with E-state index in [4.69, 9.17) is 4.98 Å². The van der Waals surface area contributed by atoms with Gasteiger partial charge in [0.15, 0.2) is 5.13 Å². The van der Waals surface area contributed by atoms with Crippen molar-refractivity contribution in [2.45, 2.75) is 26.3 Å². The van der Waals surface area contributed by atoms with Gasteiger partial charge >= 0.3 is 0 Å². The summed E-state index contributed by atoms with van der Waals surface area (Å²) in [5, 5.41) is 0.684. The minimum absolute atomic E-state index is 0.0953. The Morgan fingerprint density at radius 2 is 1.93 bits per heavy atom. The van der Waals surface area contributed by atoms with Crippen LogP contribution in [0, 0.1) is 0 Å². The number of hydrogen-bond acceptors (Lipinski definition) is 4. The van der Waals surface area contributed by atoms with Crippen molar-refractivity contribution in [3.63, 3.8) is 0 Å². The van der Waals surface area contributed by atoms with Gasteiger partial charge in [-0.1, -0.05) is 65.4 Å². The van der Waals surface area contributed by atoms with Crippen LogP contribution in [-0.2, 0) is 6.54 Å². The number of fused-ring (bicyclic) bond motifs is 1. The van der Waals surface area contributed by atoms with E-state index in [1.54, 1.807) is 11.1 Å². The molecule has 0 spiro atoms. The van der Waals surface area contributed by atoms with Crippen molar-refractivity contribution >= 4 is 48.5 Å². The van der Waals surface area contributed by atoms with Crippen LogP contribution in [0.1, 0.15) is 41.4 Å². The number of halogens is 1. The van der Waals surface area contributed by atoms with E-state index in [0.29, 0.717) is 23.2 Å². The van der Waals surface area contributed by atoms with Crippen LogP contribution in [0.4, 0.5) is 5.13 Å². The molecule has 0 radical (unpaired) electrons. The molecule has 4 nitrogen and oxygen atoms in total. The maximum Gasteiger partial charge on any atom is 0.260 e. The highest BCUT2D eigenvalue weighted by atomic mass is 79.9. The lowest BCUT2D eigenvalue weighted by molar-refractivity contribution is 0.0984. The van der Waals surface area contributed by atoms with Gasteiger partial charge < -0.3 is 0 Å². The summed E-state index contributed by atoms with van der Waals surface area (Å²) < 4.78 is 1.95. The van der Waals surface area contributed by atoms with Gasteiger partial charge in [-0.2, -0.15) is 0 Å². The molecule has 0 aliphatic heterocycles. The molecule has 146 valence electrons. The molecule has 2 aromatic heterocycles. The summed E-state index contributed by atoms with van der Waals surface area (Å²) in [6, 6.07) is 19.4. The van der Waals surface area contributed by atoms with Gasteiger partial charge in [-0.25, -0.2) is 4.98 Å². The highest BCUT2D eigenvalue weighted by Crippen LogP contribution is 2.34. The first-order valence-electron chi connectivity index (χ1n) is 9.39. The first-order chi connectivity index (χ1) is 14.0. The van der Waals surface area contributed by atoms with Gasteiger partial charge in [-0.05, 0) is 47.9 Å². The number of carbonyl (C=O) groups excluding carboxylic acids is 1. The fourth-order valence-electron chi connectivity index (χ4n) is 3.20. The SMILES string of the molecule is CC(C)c1cccc2sc(N(Cc3ccccn3)C(=O)c3cccc(Br)c3)nc12. The molecule has 0 saturated heterocycles. The summed E-state index contributed by atoms with van der Waals surface area (Å²) in [4.78, 5) is 24.5. The Morgan fingerprint density at radius 3 is 2.66 bits per heavy atom. The van der Waals surface area contributed by atoms with E-state index in [9.17, 15) is 4.79 Å². The quantitative estimate of drug-likeness (QED) is 0.341. The molecule has 0 bridgehead atoms. The second-order valence-corrected chi connectivity index (χ2v) is 8.99. The molecule has 2 aromatic carbocycles. The van der Waals surface area contributed by atoms with Gasteiger partial charge in [0.25, 0.3) is 5.91 Å². The van der Waals surface area contributed by atoms with Gasteiger partial charge in [0, 0.05) is 16.2 Å². The van der Waals surface area contributed by atoms with E-state index in [0.717, 1.165) is 20.4 Å². The molecule has 0 atom stereocenters. The minimum Gasteiger partial charge on any atom is -0.278 e. The van der Waals surface area contributed by atoms with Gasteiger partial charge in [0.1, 0.15) is 0 Å². The van der Waals surface area contributed by atoms with E-state index in [2.05, 4.69) is 53.0 Å². The zero-order chi connectivity index (χ0) is 20.4. The summed E-state index contributed by atoms with van der Waals surface area (Å²) in [5.74, 6) is 0.265. The molecule has 6 heteroatoms. The van der Waals surface area contributed by atoms with E-state index in [1.165, 1.54) is 16.9 Å². The first-order valence-corrected chi connectivity index (χ1v) is 11.0. The second kappa shape index (κ2) is 8.43. The number of anilines is 1. The van der Waals surface area contributed by atoms with Gasteiger partial charge in [0.05, 0.1) is 22.5 Å². The van der Waals surface area contributed by atoms with Crippen molar-refractivity contribution in [3.05, 3.63) is 88.2 Å². The molecule has 29 heavy (non-hydrogen) atoms. The number of hydrogen-bond donors (Lipinski definition) is 0. The molecule has 0 saturated carbocycles. The number of carbonyl (C=O) groups is 1. The van der Waals surface area contributed by atoms with E-state index < -0.39 is 0 Å². The standard InChI is InChI=1S/C23H20BrN3OS/c1-15(2)19-10-6-11-20-21(19)26-23(29-20)27(14-18-9-3-4-12-25-18)22(28)16-7-5-8-17(24)13-16/h3-13,15H,14H2,1-2H3. The van der Waals surface area contributed by atoms with Crippen molar-refractivity contribution in [3.8, 4) is 0 Å². The van der Waals surface area contributed by atoms with E-state index in [1.807, 2.05) is 42.5 Å². The Balaban J connectivity index is 1.81. The smallest absolute Gasteiger partial charge is 0.260 e. The predicted molar refractivity (Wildman–Crippen MR) is 123 cm³/mol. The van der Waals surface area contributed by atoms with Crippen LogP contribution in [0.5, 0.6) is 0 Å². The number of para-hydroxylation sites is 1. The van der Waals surface area contributed by atoms with Crippen molar-refractivity contribution in [2.75, 3.05) is 4.90 Å². The molecule has 0 aliphatic carbocycles. The van der Waals surface area contributed by atoms with Gasteiger partial charge in [0.2, 0.25) is 0 Å². The molecular formula is C23H20BrN3OS. The van der Waals surface area contributed by atoms with E-state index in [-0.39, 0.29) is 5.91 Å². The summed E-state index contributed by atoms with van der Waals surface area (Å²) in [6.45, 7) is 4.68. The zero-order valence-corrected chi connectivity index (χ0v) is 18.6. The summed E-state index contributed by atoms with van der Waals surface area (Å²) in [7, 11) is 0. The highest BCUT2D eigenvalue weighted by Gasteiger charge is 2.23. The van der Waals surface area contributed by atoms with Crippen LogP contribution in [0.25, 0.3) is 10.2 Å². The topological polar surface area (TPSA) is 46.1 Å². The van der Waals surface area contributed by atoms with Crippen LogP contribution in [0.15, 0.2) is 71.3 Å². The van der Waals surface area contributed by atoms with Crippen LogP contribution in [0.2, 0.25) is 0 Å². The largest absolute Gasteiger partial charge is 0.278 e. The molecule has 2 heterocycles. The number of aromatic nitrogens is 2. The molecule has 4 aromatic rings. The maximum absolute atomic E-state index is 13.4. The lowest BCUT2D eigenvalue weighted by Crippen LogP contribution is -2.30. The summed E-state index contributed by atoms with van der Waals surface area (Å²) in [6.07, 6.45) is 1.74. The van der Waals surface area contributed by atoms with Crippen LogP contribution < -0.4 is 4.90 Å². The first kappa shape index (κ1) is 19.7. The third kappa shape index (κ3) is 4.23. The number of rotatable bonds is 5. The highest BCUT2D eigenvalue weighted by molar-refractivity contribution is 9.10. The average molecular weight is 466 g/mol. The summed E-state index contributed by atoms with van der Waals surface area (Å²) >= 11 is 5.00. The van der Waals surface area contributed by atoms with E-state index >= 15 is 0 Å². The molecule has 0 fully saturated rings. The van der Waals surface area contributed by atoms with Crippen molar-refractivity contribution in [2.24, 2.45) is 0 Å². The number of nitrogens with zero attached hydrogens (tertiary/aromatic N) is 3. The molecule has 0 N–H and O–H groups in total. The Hall–Kier alpha value is -2.57. The van der Waals surface area contributed by atoms with Crippen LogP contribution in [-0.4, -0.2) is 15.9 Å². The van der Waals surface area contributed by atoms with Gasteiger partial charge in [-0.15, -0.1) is 0 Å². The van der Waals surface area contributed by atoms with Crippen molar-refractivity contribution in [1.29, 1.82) is 0 Å². The fourth-order valence-corrected chi connectivity index (χ4v) is 4.59. The monoisotopic (exact) mass is 465 g/mol. The van der Waals surface area contributed by atoms with Crippen molar-refractivity contribution in [1.82, 2.24) is 9.97 Å². The number of benzene rings is 2. The molecular weight excluding hydrogens is 446 g/mol. The van der Waals surface area contributed by atoms with Crippen LogP contribution in [0.3, 0.4) is 0 Å². The van der Waals surface area contributed by atoms with Crippen molar-refractivity contribution < 1.29 is 4.79 Å². The zero-order valence-electron chi connectivity index (χ0n) is 16.2. The Labute approximate surface area is 182 Å². The lowest BCUT2D eigenvalue weighted by atomic mass is 10.0. The summed E-state index contributed by atoms with van der Waals surface area (Å²) in [5.41, 5.74) is 3.59.